The summed E-state index contributed by atoms with van der Waals surface area (Å²) in [4.78, 5) is 0. The molecule has 0 N–H and O–H groups in total. The Labute approximate surface area is 73.5 Å². The highest BCUT2D eigenvalue weighted by Crippen LogP contribution is 1.84. The fourth-order valence-corrected chi connectivity index (χ4v) is 1.03. The van der Waals surface area contributed by atoms with Crippen LogP contribution in [0.3, 0.4) is 0 Å². The molecule has 0 unspecified atom stereocenters. The molecule has 2 heteroatoms. The van der Waals surface area contributed by atoms with E-state index in [0.29, 0.717) is 0 Å². The molecule has 0 saturated heterocycles. The molecule has 0 aromatic carbocycles. The Morgan fingerprint density at radius 1 is 1.58 bits per heavy atom. The van der Waals surface area contributed by atoms with Gasteiger partial charge in [-0.3, -0.25) is 0 Å². The van der Waals surface area contributed by atoms with Crippen molar-refractivity contribution in [1.29, 1.82) is 0 Å². The van der Waals surface area contributed by atoms with Crippen molar-refractivity contribution in [3.8, 4) is 0 Å². The van der Waals surface area contributed by atoms with Crippen LogP contribution >= 0.6 is 0 Å². The van der Waals surface area contributed by atoms with E-state index in [1.54, 1.807) is 0 Å². The van der Waals surface area contributed by atoms with Gasteiger partial charge in [0, 0.05) is 0 Å². The third-order valence-electron chi connectivity index (χ3n) is 1.64. The molecular formula is C10H15N2+. The van der Waals surface area contributed by atoms with E-state index >= 15 is 0 Å². The lowest BCUT2D eigenvalue weighted by atomic mass is 10.5. The molecule has 0 spiro atoms. The average molecular weight is 163 g/mol. The predicted molar refractivity (Wildman–Crippen MR) is 49.6 cm³/mol. The minimum Gasteiger partial charge on any atom is -0.233 e. The Morgan fingerprint density at radius 2 is 2.42 bits per heavy atom. The van der Waals surface area contributed by atoms with Crippen LogP contribution in [0.25, 0.3) is 0 Å². The highest BCUT2D eigenvalue weighted by atomic mass is 15.1. The summed E-state index contributed by atoms with van der Waals surface area (Å²) in [5.74, 6) is 0. The highest BCUT2D eigenvalue weighted by molar-refractivity contribution is 4.76. The molecule has 0 aliphatic carbocycles. The van der Waals surface area contributed by atoms with Crippen LogP contribution < -0.4 is 4.57 Å². The first-order valence-corrected chi connectivity index (χ1v) is 4.13. The monoisotopic (exact) mass is 163 g/mol. The van der Waals surface area contributed by atoms with E-state index in [0.717, 1.165) is 13.1 Å². The molecule has 0 atom stereocenters. The smallest absolute Gasteiger partial charge is 0.233 e. The van der Waals surface area contributed by atoms with E-state index in [9.17, 15) is 0 Å². The number of imidazole rings is 1. The zero-order valence-electron chi connectivity index (χ0n) is 7.48. The van der Waals surface area contributed by atoms with Crippen molar-refractivity contribution in [2.45, 2.75) is 20.0 Å². The number of hydrogen-bond donors (Lipinski definition) is 0. The number of allylic oxidation sites excluding steroid dienone is 3. The third-order valence-corrected chi connectivity index (χ3v) is 1.64. The van der Waals surface area contributed by atoms with Crippen molar-refractivity contribution in [2.75, 3.05) is 0 Å². The van der Waals surface area contributed by atoms with Crippen LogP contribution in [-0.2, 0) is 13.1 Å². The fourth-order valence-electron chi connectivity index (χ4n) is 1.03. The Kier molecular flexibility index (Phi) is 3.33. The molecule has 0 radical (unpaired) electrons. The number of rotatable bonds is 4. The molecule has 0 saturated carbocycles. The van der Waals surface area contributed by atoms with Crippen molar-refractivity contribution in [3.05, 3.63) is 43.5 Å². The summed E-state index contributed by atoms with van der Waals surface area (Å²) in [6.45, 7) is 7.54. The number of nitrogens with zero attached hydrogens (tertiary/aromatic N) is 2. The van der Waals surface area contributed by atoms with Crippen LogP contribution in [0, 0.1) is 0 Å². The minimum atomic E-state index is 0.878. The van der Waals surface area contributed by atoms with Gasteiger partial charge < -0.3 is 0 Å². The normalized spacial score (nSPS) is 10.8. The van der Waals surface area contributed by atoms with Crippen molar-refractivity contribution >= 4 is 0 Å². The van der Waals surface area contributed by atoms with Gasteiger partial charge in [-0.1, -0.05) is 18.7 Å². The lowest BCUT2D eigenvalue weighted by molar-refractivity contribution is -0.686. The van der Waals surface area contributed by atoms with Gasteiger partial charge >= 0.3 is 0 Å². The zero-order chi connectivity index (χ0) is 8.81. The molecule has 12 heavy (non-hydrogen) atoms. The quantitative estimate of drug-likeness (QED) is 0.470. The Balaban J connectivity index is 2.57. The number of aromatic nitrogens is 2. The maximum Gasteiger partial charge on any atom is 0.244 e. The Bertz CT molecular complexity index is 271. The SMILES string of the molecule is C=CCn1cc[n+](CC=CC)c1. The summed E-state index contributed by atoms with van der Waals surface area (Å²) in [7, 11) is 0. The molecule has 1 aromatic heterocycles. The van der Waals surface area contributed by atoms with E-state index in [-0.39, 0.29) is 0 Å². The second-order valence-corrected chi connectivity index (χ2v) is 2.66. The largest absolute Gasteiger partial charge is 0.244 e. The summed E-state index contributed by atoms with van der Waals surface area (Å²) >= 11 is 0. The van der Waals surface area contributed by atoms with Crippen molar-refractivity contribution in [2.24, 2.45) is 0 Å². The van der Waals surface area contributed by atoms with Crippen LogP contribution in [0.15, 0.2) is 43.5 Å². The molecule has 2 nitrogen and oxygen atoms in total. The van der Waals surface area contributed by atoms with E-state index in [2.05, 4.69) is 40.4 Å². The molecule has 0 amide bonds. The predicted octanol–water partition coefficient (Wildman–Crippen LogP) is 1.54. The average Bonchev–Trinajstić information content (AvgIpc) is 2.50. The molecular weight excluding hydrogens is 148 g/mol. The van der Waals surface area contributed by atoms with Crippen LogP contribution in [0.2, 0.25) is 0 Å². The molecule has 1 rings (SSSR count). The van der Waals surface area contributed by atoms with E-state index in [1.807, 2.05) is 19.2 Å². The van der Waals surface area contributed by atoms with Crippen molar-refractivity contribution in [3.63, 3.8) is 0 Å². The van der Waals surface area contributed by atoms with Gasteiger partial charge in [0.2, 0.25) is 6.33 Å². The molecule has 0 fully saturated rings. The second-order valence-electron chi connectivity index (χ2n) is 2.66. The van der Waals surface area contributed by atoms with Crippen LogP contribution in [-0.4, -0.2) is 4.57 Å². The first-order valence-electron chi connectivity index (χ1n) is 4.13. The van der Waals surface area contributed by atoms with Crippen molar-refractivity contribution in [1.82, 2.24) is 4.57 Å². The van der Waals surface area contributed by atoms with Crippen LogP contribution in [0.5, 0.6) is 0 Å². The first-order chi connectivity index (χ1) is 5.86. The summed E-state index contributed by atoms with van der Waals surface area (Å²) in [5.41, 5.74) is 0. The Hall–Kier alpha value is -1.31. The molecule has 0 bridgehead atoms. The molecule has 0 aliphatic rings. The topological polar surface area (TPSA) is 8.81 Å². The molecule has 64 valence electrons. The summed E-state index contributed by atoms with van der Waals surface area (Å²) in [5, 5.41) is 0. The number of hydrogen-bond acceptors (Lipinski definition) is 0. The lowest BCUT2D eigenvalue weighted by Crippen LogP contribution is -2.29. The minimum absolute atomic E-state index is 0.878. The first kappa shape index (κ1) is 8.78. The van der Waals surface area contributed by atoms with Gasteiger partial charge in [0.15, 0.2) is 0 Å². The van der Waals surface area contributed by atoms with E-state index in [4.69, 9.17) is 0 Å². The van der Waals surface area contributed by atoms with Crippen LogP contribution in [0.1, 0.15) is 6.92 Å². The molecule has 0 aliphatic heterocycles. The van der Waals surface area contributed by atoms with Gasteiger partial charge in [0.25, 0.3) is 0 Å². The maximum absolute atomic E-state index is 3.68. The zero-order valence-corrected chi connectivity index (χ0v) is 7.48. The fraction of sp³-hybridized carbons (Fsp3) is 0.300. The van der Waals surface area contributed by atoms with E-state index in [1.165, 1.54) is 0 Å². The van der Waals surface area contributed by atoms with Crippen LogP contribution in [0.4, 0.5) is 0 Å². The standard InChI is InChI=1S/C10H15N2/c1-3-5-7-12-9-8-11(10-12)6-4-2/h3-5,8-10H,2,6-7H2,1H3/q+1. The van der Waals surface area contributed by atoms with Crippen molar-refractivity contribution < 1.29 is 4.57 Å². The molecule has 1 heterocycles. The lowest BCUT2D eigenvalue weighted by Gasteiger charge is -1.87. The Morgan fingerprint density at radius 3 is 3.08 bits per heavy atom. The molecule has 1 aromatic rings. The highest BCUT2D eigenvalue weighted by Gasteiger charge is 1.98. The third kappa shape index (κ3) is 2.38. The summed E-state index contributed by atoms with van der Waals surface area (Å²) in [6, 6.07) is 0. The van der Waals surface area contributed by atoms with Gasteiger partial charge in [-0.05, 0) is 13.0 Å². The van der Waals surface area contributed by atoms with E-state index < -0.39 is 0 Å². The summed E-state index contributed by atoms with van der Waals surface area (Å²) in [6.07, 6.45) is 12.2. The van der Waals surface area contributed by atoms with Gasteiger partial charge in [-0.25, -0.2) is 9.13 Å². The van der Waals surface area contributed by atoms with Gasteiger partial charge in [-0.15, -0.1) is 0 Å². The maximum atomic E-state index is 3.68. The van der Waals surface area contributed by atoms with Gasteiger partial charge in [0.05, 0.1) is 0 Å². The van der Waals surface area contributed by atoms with Gasteiger partial charge in [0.1, 0.15) is 25.5 Å². The summed E-state index contributed by atoms with van der Waals surface area (Å²) < 4.78 is 4.22. The van der Waals surface area contributed by atoms with Gasteiger partial charge in [-0.2, -0.15) is 0 Å². The second kappa shape index (κ2) is 4.54.